The van der Waals surface area contributed by atoms with Crippen molar-refractivity contribution in [1.29, 1.82) is 0 Å². The van der Waals surface area contributed by atoms with Crippen molar-refractivity contribution in [2.24, 2.45) is 0 Å². The van der Waals surface area contributed by atoms with Crippen molar-refractivity contribution in [2.75, 3.05) is 6.54 Å². The summed E-state index contributed by atoms with van der Waals surface area (Å²) in [5.41, 5.74) is 0. The number of hydrogen-bond donors (Lipinski definition) is 0. The maximum Gasteiger partial charge on any atom is 0.121 e. The van der Waals surface area contributed by atoms with Crippen LogP contribution in [0.4, 0.5) is 0 Å². The van der Waals surface area contributed by atoms with Crippen molar-refractivity contribution in [3.8, 4) is 0 Å². The predicted molar refractivity (Wildman–Crippen MR) is 48.0 cm³/mol. The average molecular weight is 167 g/mol. The van der Waals surface area contributed by atoms with E-state index in [1.54, 1.807) is 0 Å². The fraction of sp³-hybridized carbons (Fsp3) is 0.900. The number of likely N-dealkylation sites (tertiary alicyclic amines) is 1. The van der Waals surface area contributed by atoms with E-state index in [1.165, 1.54) is 38.6 Å². The van der Waals surface area contributed by atoms with E-state index in [4.69, 9.17) is 0 Å². The number of hydrogen-bond acceptors (Lipinski definition) is 2. The molecular formula is C10H17NO. The molecule has 1 aliphatic carbocycles. The summed E-state index contributed by atoms with van der Waals surface area (Å²) in [4.78, 5) is 13.0. The summed E-state index contributed by atoms with van der Waals surface area (Å²) in [5.74, 6) is 0. The van der Waals surface area contributed by atoms with Gasteiger partial charge in [-0.1, -0.05) is 6.42 Å². The van der Waals surface area contributed by atoms with Gasteiger partial charge >= 0.3 is 0 Å². The third-order valence-corrected chi connectivity index (χ3v) is 3.33. The molecule has 2 aliphatic rings. The van der Waals surface area contributed by atoms with Crippen LogP contribution in [-0.4, -0.2) is 29.8 Å². The lowest BCUT2D eigenvalue weighted by Gasteiger charge is -2.38. The third kappa shape index (κ3) is 1.40. The molecule has 0 spiro atoms. The Hall–Kier alpha value is -0.370. The molecule has 1 saturated heterocycles. The molecule has 0 bridgehead atoms. The van der Waals surface area contributed by atoms with Crippen LogP contribution >= 0.6 is 0 Å². The van der Waals surface area contributed by atoms with Gasteiger partial charge in [0.05, 0.1) is 0 Å². The monoisotopic (exact) mass is 167 g/mol. The first-order chi connectivity index (χ1) is 5.92. The summed E-state index contributed by atoms with van der Waals surface area (Å²) < 4.78 is 0. The predicted octanol–water partition coefficient (Wildman–Crippen LogP) is 1.59. The van der Waals surface area contributed by atoms with Crippen LogP contribution in [0.2, 0.25) is 0 Å². The van der Waals surface area contributed by atoms with Crippen molar-refractivity contribution in [3.05, 3.63) is 0 Å². The minimum atomic E-state index is 0.591. The van der Waals surface area contributed by atoms with Gasteiger partial charge in [-0.2, -0.15) is 0 Å². The van der Waals surface area contributed by atoms with Crippen LogP contribution < -0.4 is 0 Å². The fourth-order valence-electron chi connectivity index (χ4n) is 2.42. The highest BCUT2D eigenvalue weighted by molar-refractivity contribution is 5.50. The first-order valence-corrected chi connectivity index (χ1v) is 5.11. The number of carbonyl (C=O) groups is 1. The Morgan fingerprint density at radius 1 is 1.25 bits per heavy atom. The van der Waals surface area contributed by atoms with E-state index in [1.807, 2.05) is 0 Å². The maximum atomic E-state index is 10.4. The summed E-state index contributed by atoms with van der Waals surface area (Å²) in [7, 11) is 0. The quantitative estimate of drug-likeness (QED) is 0.595. The molecule has 2 fully saturated rings. The lowest BCUT2D eigenvalue weighted by Crippen LogP contribution is -2.43. The maximum absolute atomic E-state index is 10.4. The normalized spacial score (nSPS) is 31.8. The van der Waals surface area contributed by atoms with Crippen molar-refractivity contribution in [1.82, 2.24) is 4.90 Å². The Labute approximate surface area is 73.9 Å². The zero-order chi connectivity index (χ0) is 8.39. The summed E-state index contributed by atoms with van der Waals surface area (Å²) in [6.07, 6.45) is 8.53. The van der Waals surface area contributed by atoms with Gasteiger partial charge in [-0.15, -0.1) is 0 Å². The van der Waals surface area contributed by atoms with Crippen molar-refractivity contribution < 1.29 is 4.79 Å². The van der Waals surface area contributed by atoms with Gasteiger partial charge in [-0.05, 0) is 32.2 Å². The van der Waals surface area contributed by atoms with Crippen molar-refractivity contribution in [2.45, 2.75) is 50.6 Å². The molecule has 1 unspecified atom stereocenters. The van der Waals surface area contributed by atoms with Gasteiger partial charge in [0.1, 0.15) is 6.29 Å². The van der Waals surface area contributed by atoms with Crippen LogP contribution in [0.5, 0.6) is 0 Å². The number of carbonyl (C=O) groups excluding carboxylic acids is 1. The van der Waals surface area contributed by atoms with Crippen LogP contribution in [0.1, 0.15) is 38.5 Å². The molecule has 1 atom stereocenters. The van der Waals surface area contributed by atoms with Crippen LogP contribution in [0.3, 0.4) is 0 Å². The van der Waals surface area contributed by atoms with Crippen LogP contribution in [0, 0.1) is 0 Å². The molecule has 68 valence electrons. The van der Waals surface area contributed by atoms with Gasteiger partial charge in [0.25, 0.3) is 0 Å². The van der Waals surface area contributed by atoms with Gasteiger partial charge in [-0.3, -0.25) is 4.90 Å². The molecule has 1 aliphatic heterocycles. The third-order valence-electron chi connectivity index (χ3n) is 3.33. The summed E-state index contributed by atoms with van der Waals surface area (Å²) in [6, 6.07) is 1.42. The molecule has 1 saturated carbocycles. The molecule has 0 aromatic rings. The second kappa shape index (κ2) is 3.56. The molecular weight excluding hydrogens is 150 g/mol. The van der Waals surface area contributed by atoms with Gasteiger partial charge in [0.2, 0.25) is 0 Å². The lowest BCUT2D eigenvalue weighted by molar-refractivity contribution is -0.109. The molecule has 0 aromatic carbocycles. The second-order valence-corrected chi connectivity index (χ2v) is 4.02. The number of rotatable bonds is 3. The lowest BCUT2D eigenvalue weighted by atomic mass is 9.91. The molecule has 12 heavy (non-hydrogen) atoms. The highest BCUT2D eigenvalue weighted by Gasteiger charge is 2.33. The van der Waals surface area contributed by atoms with Crippen LogP contribution in [0.15, 0.2) is 0 Å². The Balaban J connectivity index is 1.89. The van der Waals surface area contributed by atoms with E-state index in [0.29, 0.717) is 6.04 Å². The largest absolute Gasteiger partial charge is 0.303 e. The SMILES string of the molecule is O=CCC1CCCN1C1CCC1. The highest BCUT2D eigenvalue weighted by atomic mass is 16.1. The second-order valence-electron chi connectivity index (χ2n) is 4.02. The van der Waals surface area contributed by atoms with Crippen LogP contribution in [-0.2, 0) is 4.79 Å². The minimum absolute atomic E-state index is 0.591. The first-order valence-electron chi connectivity index (χ1n) is 5.11. The van der Waals surface area contributed by atoms with E-state index >= 15 is 0 Å². The topological polar surface area (TPSA) is 20.3 Å². The zero-order valence-corrected chi connectivity index (χ0v) is 7.54. The summed E-state index contributed by atoms with van der Waals surface area (Å²) >= 11 is 0. The number of nitrogens with zero attached hydrogens (tertiary/aromatic N) is 1. The fourth-order valence-corrected chi connectivity index (χ4v) is 2.42. The molecule has 2 nitrogen and oxygen atoms in total. The van der Waals surface area contributed by atoms with Crippen LogP contribution in [0.25, 0.3) is 0 Å². The van der Waals surface area contributed by atoms with E-state index < -0.39 is 0 Å². The van der Waals surface area contributed by atoms with Gasteiger partial charge in [0.15, 0.2) is 0 Å². The summed E-state index contributed by atoms with van der Waals surface area (Å²) in [6.45, 7) is 1.24. The molecule has 0 aromatic heterocycles. The van der Waals surface area contributed by atoms with E-state index in [0.717, 1.165) is 18.7 Å². The van der Waals surface area contributed by atoms with Crippen molar-refractivity contribution in [3.63, 3.8) is 0 Å². The van der Waals surface area contributed by atoms with E-state index in [9.17, 15) is 4.79 Å². The zero-order valence-electron chi connectivity index (χ0n) is 7.54. The van der Waals surface area contributed by atoms with Gasteiger partial charge in [-0.25, -0.2) is 0 Å². The molecule has 2 heteroatoms. The minimum Gasteiger partial charge on any atom is -0.303 e. The molecule has 2 rings (SSSR count). The smallest absolute Gasteiger partial charge is 0.121 e. The molecule has 0 N–H and O–H groups in total. The first kappa shape index (κ1) is 8.24. The average Bonchev–Trinajstić information content (AvgIpc) is 2.35. The number of aldehydes is 1. The van der Waals surface area contributed by atoms with E-state index in [-0.39, 0.29) is 0 Å². The Morgan fingerprint density at radius 2 is 2.08 bits per heavy atom. The highest BCUT2D eigenvalue weighted by Crippen LogP contribution is 2.31. The Bertz CT molecular complexity index is 165. The Kier molecular flexibility index (Phi) is 2.45. The standard InChI is InChI=1S/C10H17NO/c12-8-6-10-5-2-7-11(10)9-3-1-4-9/h8-10H,1-7H2. The summed E-state index contributed by atoms with van der Waals surface area (Å²) in [5, 5.41) is 0. The molecule has 0 radical (unpaired) electrons. The van der Waals surface area contributed by atoms with Gasteiger partial charge < -0.3 is 4.79 Å². The molecule has 0 amide bonds. The van der Waals surface area contributed by atoms with E-state index in [2.05, 4.69) is 4.90 Å². The molecule has 1 heterocycles. The van der Waals surface area contributed by atoms with Gasteiger partial charge in [0, 0.05) is 18.5 Å². The van der Waals surface area contributed by atoms with Crippen molar-refractivity contribution >= 4 is 6.29 Å². The Morgan fingerprint density at radius 3 is 2.67 bits per heavy atom.